The highest BCUT2D eigenvalue weighted by Gasteiger charge is 2.46. The maximum Gasteiger partial charge on any atom is 0.182 e. The monoisotopic (exact) mass is 284 g/mol. The van der Waals surface area contributed by atoms with Gasteiger partial charge in [-0.2, -0.15) is 0 Å². The largest absolute Gasteiger partial charge is 0.296 e. The molecule has 0 N–H and O–H groups in total. The van der Waals surface area contributed by atoms with E-state index in [0.717, 1.165) is 0 Å². The van der Waals surface area contributed by atoms with Crippen LogP contribution in [0, 0.1) is 5.41 Å². The summed E-state index contributed by atoms with van der Waals surface area (Å²) in [7, 11) is -3.41. The third-order valence-electron chi connectivity index (χ3n) is 2.05. The molecule has 0 unspecified atom stereocenters. The molecule has 3 nitrogen and oxygen atoms in total. The van der Waals surface area contributed by atoms with Crippen molar-refractivity contribution < 1.29 is 13.2 Å². The summed E-state index contributed by atoms with van der Waals surface area (Å²) < 4.78 is 21.8. The van der Waals surface area contributed by atoms with Crippen LogP contribution in [0.4, 0.5) is 0 Å². The minimum atomic E-state index is -3.41. The number of ketones is 1. The maximum atomic E-state index is 11.9. The summed E-state index contributed by atoms with van der Waals surface area (Å²) in [6.45, 7) is 8.06. The molecule has 0 aromatic heterocycles. The van der Waals surface area contributed by atoms with Gasteiger partial charge in [-0.05, 0) is 6.92 Å². The summed E-state index contributed by atoms with van der Waals surface area (Å²) in [5.74, 6) is -0.358. The van der Waals surface area contributed by atoms with Crippen molar-refractivity contribution in [1.82, 2.24) is 0 Å². The second-order valence-electron chi connectivity index (χ2n) is 4.40. The third-order valence-corrected chi connectivity index (χ3v) is 6.00. The van der Waals surface area contributed by atoms with Crippen molar-refractivity contribution in [3.05, 3.63) is 0 Å². The fourth-order valence-corrected chi connectivity index (χ4v) is 3.49. The molecule has 0 aromatic rings. The van der Waals surface area contributed by atoms with Crippen LogP contribution in [0.5, 0.6) is 0 Å². The first kappa shape index (κ1) is 14.1. The lowest BCUT2D eigenvalue weighted by Gasteiger charge is -2.28. The molecule has 5 heteroatoms. The Balaban J connectivity index is 5.30. The molecule has 0 amide bonds. The van der Waals surface area contributed by atoms with Crippen LogP contribution in [0.3, 0.4) is 0 Å². The van der Waals surface area contributed by atoms with E-state index in [1.54, 1.807) is 20.8 Å². The zero-order valence-electron chi connectivity index (χ0n) is 9.22. The molecule has 0 radical (unpaired) electrons. The van der Waals surface area contributed by atoms with Crippen molar-refractivity contribution in [1.29, 1.82) is 0 Å². The van der Waals surface area contributed by atoms with E-state index in [9.17, 15) is 13.2 Å². The number of hydrogen-bond donors (Lipinski definition) is 0. The van der Waals surface area contributed by atoms with Crippen LogP contribution in [-0.4, -0.2) is 23.6 Å². The van der Waals surface area contributed by atoms with Crippen molar-refractivity contribution in [2.24, 2.45) is 5.41 Å². The molecule has 0 aliphatic rings. The Hall–Kier alpha value is 0.1000. The van der Waals surface area contributed by atoms with E-state index >= 15 is 0 Å². The molecule has 0 heterocycles. The third kappa shape index (κ3) is 2.57. The molecular weight excluding hydrogens is 268 g/mol. The molecule has 0 aliphatic heterocycles. The lowest BCUT2D eigenvalue weighted by Crippen LogP contribution is -2.44. The average Bonchev–Trinajstić information content (AvgIpc) is 2.01. The minimum Gasteiger partial charge on any atom is -0.296 e. The lowest BCUT2D eigenvalue weighted by molar-refractivity contribution is -0.126. The summed E-state index contributed by atoms with van der Waals surface area (Å²) >= 11 is 3.03. The molecular formula is C9H17BrO3S. The van der Waals surface area contributed by atoms with Gasteiger partial charge >= 0.3 is 0 Å². The van der Waals surface area contributed by atoms with E-state index in [1.165, 1.54) is 13.8 Å². The van der Waals surface area contributed by atoms with Crippen molar-refractivity contribution in [3.63, 3.8) is 0 Å². The van der Waals surface area contributed by atoms with Gasteiger partial charge in [0.1, 0.15) is 0 Å². The number of halogens is 1. The van der Waals surface area contributed by atoms with E-state index in [-0.39, 0.29) is 11.5 Å². The van der Waals surface area contributed by atoms with E-state index in [0.29, 0.717) is 0 Å². The smallest absolute Gasteiger partial charge is 0.182 e. The van der Waals surface area contributed by atoms with E-state index in [2.05, 4.69) is 15.9 Å². The highest BCUT2D eigenvalue weighted by Crippen LogP contribution is 2.34. The Morgan fingerprint density at radius 3 is 1.79 bits per heavy atom. The van der Waals surface area contributed by atoms with Gasteiger partial charge in [0.15, 0.2) is 19.3 Å². The van der Waals surface area contributed by atoms with Gasteiger partial charge < -0.3 is 0 Å². The molecule has 0 rings (SSSR count). The van der Waals surface area contributed by atoms with Gasteiger partial charge in [-0.1, -0.05) is 43.6 Å². The normalized spacial score (nSPS) is 17.6. The van der Waals surface area contributed by atoms with Crippen LogP contribution in [0.2, 0.25) is 0 Å². The minimum absolute atomic E-state index is 0.0451. The van der Waals surface area contributed by atoms with Crippen molar-refractivity contribution in [3.8, 4) is 0 Å². The van der Waals surface area contributed by atoms with Crippen LogP contribution in [0.1, 0.15) is 34.6 Å². The number of rotatable bonds is 3. The van der Waals surface area contributed by atoms with E-state index in [1.807, 2.05) is 0 Å². The first-order valence-corrected chi connectivity index (χ1v) is 6.87. The quantitative estimate of drug-likeness (QED) is 0.746. The Morgan fingerprint density at radius 1 is 1.21 bits per heavy atom. The van der Waals surface area contributed by atoms with E-state index < -0.39 is 18.9 Å². The van der Waals surface area contributed by atoms with Gasteiger partial charge in [-0.3, -0.25) is 4.79 Å². The standard InChI is InChI=1S/C9H17BrO3S/c1-6-14(12,13)9(5,10)7(11)8(2,3)4/h6H2,1-5H3/t9-/m1/s1. The SMILES string of the molecule is CCS(=O)(=O)[C@@](C)(Br)C(=O)C(C)(C)C. The molecule has 84 valence electrons. The number of sulfone groups is 1. The van der Waals surface area contributed by atoms with Crippen LogP contribution in [0.25, 0.3) is 0 Å². The summed E-state index contributed by atoms with van der Waals surface area (Å²) in [6, 6.07) is 0. The summed E-state index contributed by atoms with van der Waals surface area (Å²) in [5.41, 5.74) is -0.666. The molecule has 0 aromatic carbocycles. The van der Waals surface area contributed by atoms with Gasteiger partial charge in [0, 0.05) is 11.2 Å². The van der Waals surface area contributed by atoms with E-state index in [4.69, 9.17) is 0 Å². The Labute approximate surface area is 94.3 Å². The van der Waals surface area contributed by atoms with Gasteiger partial charge in [0.2, 0.25) is 0 Å². The topological polar surface area (TPSA) is 51.2 Å². The molecule has 0 fully saturated rings. The second kappa shape index (κ2) is 3.93. The number of hydrogen-bond acceptors (Lipinski definition) is 3. The zero-order chi connectivity index (χ0) is 11.8. The lowest BCUT2D eigenvalue weighted by atomic mass is 9.89. The highest BCUT2D eigenvalue weighted by molar-refractivity contribution is 9.12. The van der Waals surface area contributed by atoms with Gasteiger partial charge in [-0.25, -0.2) is 8.42 Å². The highest BCUT2D eigenvalue weighted by atomic mass is 79.9. The van der Waals surface area contributed by atoms with Crippen LogP contribution < -0.4 is 0 Å². The molecule has 0 bridgehead atoms. The number of carbonyl (C=O) groups is 1. The van der Waals surface area contributed by atoms with Crippen LogP contribution in [0.15, 0.2) is 0 Å². The predicted octanol–water partition coefficient (Wildman–Crippen LogP) is 2.15. The Bertz CT molecular complexity index is 322. The first-order valence-electron chi connectivity index (χ1n) is 4.43. The van der Waals surface area contributed by atoms with Crippen LogP contribution >= 0.6 is 15.9 Å². The fourth-order valence-electron chi connectivity index (χ4n) is 1.08. The van der Waals surface area contributed by atoms with Gasteiger partial charge in [-0.15, -0.1) is 0 Å². The number of carbonyl (C=O) groups excluding carboxylic acids is 1. The summed E-state index contributed by atoms with van der Waals surface area (Å²) in [4.78, 5) is 11.9. The Morgan fingerprint density at radius 2 is 1.57 bits per heavy atom. The van der Waals surface area contributed by atoms with Crippen molar-refractivity contribution in [2.45, 2.75) is 38.3 Å². The first-order chi connectivity index (χ1) is 5.97. The maximum absolute atomic E-state index is 11.9. The number of alkyl halides is 1. The predicted molar refractivity (Wildman–Crippen MR) is 61.3 cm³/mol. The number of Topliss-reactive ketones (excluding diaryl/α,β-unsaturated/α-hetero) is 1. The average molecular weight is 285 g/mol. The molecule has 1 atom stereocenters. The summed E-state index contributed by atoms with van der Waals surface area (Å²) in [5, 5.41) is 0. The Kier molecular flexibility index (Phi) is 3.96. The van der Waals surface area contributed by atoms with Gasteiger partial charge in [0.25, 0.3) is 0 Å². The molecule has 0 aliphatic carbocycles. The molecule has 0 saturated carbocycles. The second-order valence-corrected chi connectivity index (χ2v) is 9.13. The van der Waals surface area contributed by atoms with Crippen LogP contribution in [-0.2, 0) is 14.6 Å². The van der Waals surface area contributed by atoms with Crippen molar-refractivity contribution in [2.75, 3.05) is 5.75 Å². The molecule has 0 saturated heterocycles. The molecule has 0 spiro atoms. The zero-order valence-corrected chi connectivity index (χ0v) is 11.6. The molecule has 14 heavy (non-hydrogen) atoms. The van der Waals surface area contributed by atoms with Crippen molar-refractivity contribution >= 4 is 31.6 Å². The fraction of sp³-hybridized carbons (Fsp3) is 0.889. The summed E-state index contributed by atoms with van der Waals surface area (Å²) in [6.07, 6.45) is 0. The van der Waals surface area contributed by atoms with Gasteiger partial charge in [0.05, 0.1) is 0 Å².